The number of hydrogen-bond acceptors (Lipinski definition) is 5. The van der Waals surface area contributed by atoms with Crippen LogP contribution in [-0.2, 0) is 24.7 Å². The Labute approximate surface area is 221 Å². The zero-order valence-electron chi connectivity index (χ0n) is 21.5. The largest absolute Gasteiger partial charge is 0.465 e. The van der Waals surface area contributed by atoms with Crippen molar-refractivity contribution in [2.75, 3.05) is 28.7 Å². The van der Waals surface area contributed by atoms with Gasteiger partial charge in [0.2, 0.25) is 5.91 Å². The van der Waals surface area contributed by atoms with Crippen molar-refractivity contribution in [1.29, 1.82) is 0 Å². The highest BCUT2D eigenvalue weighted by Gasteiger charge is 2.53. The number of para-hydroxylation sites is 1. The van der Waals surface area contributed by atoms with Gasteiger partial charge in [-0.05, 0) is 51.1 Å². The molecule has 196 valence electrons. The van der Waals surface area contributed by atoms with E-state index in [4.69, 9.17) is 4.74 Å². The highest BCUT2D eigenvalue weighted by Crippen LogP contribution is 2.42. The van der Waals surface area contributed by atoms with E-state index in [9.17, 15) is 19.2 Å². The zero-order valence-corrected chi connectivity index (χ0v) is 21.5. The maximum atomic E-state index is 14.0. The van der Waals surface area contributed by atoms with E-state index in [-0.39, 0.29) is 13.2 Å². The molecule has 9 nitrogen and oxygen atoms in total. The quantitative estimate of drug-likeness (QED) is 0.389. The molecular formula is C29H30N4O5. The number of nitrogens with zero attached hydrogens (tertiary/aromatic N) is 1. The Morgan fingerprint density at radius 2 is 1.42 bits per heavy atom. The fourth-order valence-corrected chi connectivity index (χ4v) is 4.43. The number of esters is 1. The zero-order chi connectivity index (χ0) is 27.3. The van der Waals surface area contributed by atoms with E-state index < -0.39 is 35.8 Å². The number of amides is 4. The normalized spacial score (nSPS) is 16.0. The summed E-state index contributed by atoms with van der Waals surface area (Å²) in [4.78, 5) is 54.1. The summed E-state index contributed by atoms with van der Waals surface area (Å²) in [7, 11) is 0. The number of ether oxygens (including phenoxy) is 1. The number of nitrogens with one attached hydrogen (secondary N) is 3. The van der Waals surface area contributed by atoms with E-state index in [2.05, 4.69) is 16.0 Å². The highest BCUT2D eigenvalue weighted by atomic mass is 16.5. The fourth-order valence-electron chi connectivity index (χ4n) is 4.43. The van der Waals surface area contributed by atoms with Crippen molar-refractivity contribution in [3.8, 4) is 0 Å². The molecular weight excluding hydrogens is 484 g/mol. The molecule has 3 aromatic carbocycles. The van der Waals surface area contributed by atoms with E-state index in [0.29, 0.717) is 22.6 Å². The van der Waals surface area contributed by atoms with Crippen LogP contribution in [-0.4, -0.2) is 37.0 Å². The summed E-state index contributed by atoms with van der Waals surface area (Å²) in [6.45, 7) is 5.34. The third-order valence-corrected chi connectivity index (χ3v) is 6.25. The first-order valence-electron chi connectivity index (χ1n) is 12.3. The molecule has 0 aliphatic carbocycles. The average Bonchev–Trinajstić information content (AvgIpc) is 3.09. The van der Waals surface area contributed by atoms with E-state index >= 15 is 0 Å². The molecule has 4 rings (SSSR count). The summed E-state index contributed by atoms with van der Waals surface area (Å²) in [5, 5.41) is 8.31. The van der Waals surface area contributed by atoms with Crippen LogP contribution in [0.4, 0.5) is 21.9 Å². The fraction of sp³-hybridized carbons (Fsp3) is 0.241. The summed E-state index contributed by atoms with van der Waals surface area (Å²) in [5.74, 6) is -1.69. The first-order valence-corrected chi connectivity index (χ1v) is 12.3. The van der Waals surface area contributed by atoms with Crippen LogP contribution in [0.5, 0.6) is 0 Å². The molecule has 38 heavy (non-hydrogen) atoms. The number of rotatable bonds is 8. The van der Waals surface area contributed by atoms with Gasteiger partial charge in [0.15, 0.2) is 5.54 Å². The van der Waals surface area contributed by atoms with Gasteiger partial charge in [-0.3, -0.25) is 19.3 Å². The van der Waals surface area contributed by atoms with E-state index in [1.165, 1.54) is 4.90 Å². The SMILES string of the molecule is CCOC(=O)CN1C(=O)[C@@](CC(=O)Nc2ccc(C)cc2)(NC(=O)Nc2ccc(C)cc2)c2ccccc21. The molecule has 0 aromatic heterocycles. The maximum Gasteiger partial charge on any atom is 0.326 e. The number of carbonyl (C=O) groups is 4. The predicted octanol–water partition coefficient (Wildman–Crippen LogP) is 4.26. The lowest BCUT2D eigenvalue weighted by Crippen LogP contribution is -2.56. The van der Waals surface area contributed by atoms with Crippen LogP contribution in [0.25, 0.3) is 0 Å². The van der Waals surface area contributed by atoms with Crippen molar-refractivity contribution >= 4 is 40.9 Å². The topological polar surface area (TPSA) is 117 Å². The van der Waals surface area contributed by atoms with Crippen LogP contribution < -0.4 is 20.9 Å². The van der Waals surface area contributed by atoms with Gasteiger partial charge in [-0.25, -0.2) is 4.79 Å². The van der Waals surface area contributed by atoms with Crippen LogP contribution in [0.15, 0.2) is 72.8 Å². The Morgan fingerprint density at radius 1 is 0.842 bits per heavy atom. The Hall–Kier alpha value is -4.66. The van der Waals surface area contributed by atoms with Crippen molar-refractivity contribution in [2.45, 2.75) is 32.7 Å². The Bertz CT molecular complexity index is 1290. The van der Waals surface area contributed by atoms with Crippen LogP contribution in [0.2, 0.25) is 0 Å². The molecule has 0 unspecified atom stereocenters. The van der Waals surface area contributed by atoms with Gasteiger partial charge in [-0.1, -0.05) is 53.6 Å². The molecule has 0 bridgehead atoms. The molecule has 0 fully saturated rings. The van der Waals surface area contributed by atoms with Crippen molar-refractivity contribution < 1.29 is 23.9 Å². The molecule has 3 aromatic rings. The predicted molar refractivity (Wildman–Crippen MR) is 145 cm³/mol. The van der Waals surface area contributed by atoms with Crippen LogP contribution in [0.1, 0.15) is 30.0 Å². The first kappa shape index (κ1) is 26.4. The van der Waals surface area contributed by atoms with Crippen molar-refractivity contribution in [3.63, 3.8) is 0 Å². The second-order valence-corrected chi connectivity index (χ2v) is 9.15. The van der Waals surface area contributed by atoms with Crippen LogP contribution in [0.3, 0.4) is 0 Å². The van der Waals surface area contributed by atoms with Gasteiger partial charge in [-0.2, -0.15) is 0 Å². The molecule has 4 amide bonds. The molecule has 0 saturated carbocycles. The van der Waals surface area contributed by atoms with Crippen molar-refractivity contribution in [3.05, 3.63) is 89.5 Å². The number of hydrogen-bond donors (Lipinski definition) is 3. The Kier molecular flexibility index (Phi) is 7.76. The third kappa shape index (κ3) is 5.67. The van der Waals surface area contributed by atoms with Gasteiger partial charge in [0.25, 0.3) is 5.91 Å². The number of urea groups is 1. The molecule has 1 atom stereocenters. The highest BCUT2D eigenvalue weighted by molar-refractivity contribution is 6.14. The minimum Gasteiger partial charge on any atom is -0.465 e. The standard InChI is InChI=1S/C29H30N4O5/c1-4-38-26(35)18-33-24-8-6-5-7-23(24)29(27(33)36,17-25(34)30-21-13-9-19(2)10-14-21)32-28(37)31-22-15-11-20(3)12-16-22/h5-16H,4,17-18H2,1-3H3,(H,30,34)(H2,31,32,37)/t29-/m0/s1. The molecule has 0 spiro atoms. The summed E-state index contributed by atoms with van der Waals surface area (Å²) in [6, 6.07) is 20.5. The molecule has 0 radical (unpaired) electrons. The number of aryl methyl sites for hydroxylation is 2. The first-order chi connectivity index (χ1) is 18.2. The molecule has 9 heteroatoms. The maximum absolute atomic E-state index is 14.0. The van der Waals surface area contributed by atoms with Crippen LogP contribution in [0, 0.1) is 13.8 Å². The second-order valence-electron chi connectivity index (χ2n) is 9.15. The van der Waals surface area contributed by atoms with E-state index in [0.717, 1.165) is 11.1 Å². The minimum absolute atomic E-state index is 0.157. The molecule has 1 heterocycles. The lowest BCUT2D eigenvalue weighted by atomic mass is 9.87. The van der Waals surface area contributed by atoms with Gasteiger partial charge in [0.1, 0.15) is 6.54 Å². The third-order valence-electron chi connectivity index (χ3n) is 6.25. The monoisotopic (exact) mass is 514 g/mol. The molecule has 1 aliphatic heterocycles. The van der Waals surface area contributed by atoms with E-state index in [1.54, 1.807) is 55.5 Å². The number of carbonyl (C=O) groups excluding carboxylic acids is 4. The van der Waals surface area contributed by atoms with Crippen molar-refractivity contribution in [1.82, 2.24) is 5.32 Å². The minimum atomic E-state index is -1.76. The molecule has 1 aliphatic rings. The van der Waals surface area contributed by atoms with Gasteiger partial charge < -0.3 is 20.7 Å². The lowest BCUT2D eigenvalue weighted by molar-refractivity contribution is -0.142. The summed E-state index contributed by atoms with van der Waals surface area (Å²) < 4.78 is 5.06. The molecule has 0 saturated heterocycles. The Balaban J connectivity index is 1.68. The number of benzene rings is 3. The summed E-state index contributed by atoms with van der Waals surface area (Å²) in [5.41, 5.74) is 2.21. The second kappa shape index (κ2) is 11.2. The van der Waals surface area contributed by atoms with Gasteiger partial charge in [-0.15, -0.1) is 0 Å². The lowest BCUT2D eigenvalue weighted by Gasteiger charge is -2.29. The number of fused-ring (bicyclic) bond motifs is 1. The average molecular weight is 515 g/mol. The number of anilines is 3. The Morgan fingerprint density at radius 3 is 2.03 bits per heavy atom. The van der Waals surface area contributed by atoms with Gasteiger partial charge in [0, 0.05) is 16.9 Å². The van der Waals surface area contributed by atoms with Gasteiger partial charge in [0.05, 0.1) is 18.7 Å². The summed E-state index contributed by atoms with van der Waals surface area (Å²) in [6.07, 6.45) is -0.392. The molecule has 3 N–H and O–H groups in total. The smallest absolute Gasteiger partial charge is 0.326 e. The van der Waals surface area contributed by atoms with Crippen molar-refractivity contribution in [2.24, 2.45) is 0 Å². The van der Waals surface area contributed by atoms with Crippen LogP contribution >= 0.6 is 0 Å². The van der Waals surface area contributed by atoms with Gasteiger partial charge >= 0.3 is 12.0 Å². The van der Waals surface area contributed by atoms with E-state index in [1.807, 2.05) is 38.1 Å². The summed E-state index contributed by atoms with van der Waals surface area (Å²) >= 11 is 0.